The molecule has 0 spiro atoms. The summed E-state index contributed by atoms with van der Waals surface area (Å²) in [5.74, 6) is -0.314. The first-order chi connectivity index (χ1) is 13.7. The lowest BCUT2D eigenvalue weighted by Gasteiger charge is -2.22. The van der Waals surface area contributed by atoms with Crippen molar-refractivity contribution in [1.82, 2.24) is 23.9 Å². The predicted molar refractivity (Wildman–Crippen MR) is 108 cm³/mol. The molecule has 156 valence electrons. The normalized spacial score (nSPS) is 12.1. The molecule has 0 atom stereocenters. The standard InChI is InChI=1S/C20H26FN5O2S/c1-5-26-16(3)20(15(2)23-26)29(27,28)25(14-19-10-12-22-24(19)4)13-11-17-6-8-18(21)9-7-17/h6-10,12H,5,11,13-14H2,1-4H3. The summed E-state index contributed by atoms with van der Waals surface area (Å²) >= 11 is 0. The SMILES string of the molecule is CCn1nc(C)c(S(=O)(=O)N(CCc2ccc(F)cc2)Cc2ccnn2C)c1C. The molecule has 29 heavy (non-hydrogen) atoms. The number of aryl methyl sites for hydroxylation is 3. The summed E-state index contributed by atoms with van der Waals surface area (Å²) < 4.78 is 45.2. The molecule has 1 aromatic carbocycles. The van der Waals surface area contributed by atoms with Gasteiger partial charge in [-0.15, -0.1) is 0 Å². The Morgan fingerprint density at radius 1 is 1.14 bits per heavy atom. The molecule has 0 saturated heterocycles. The average molecular weight is 420 g/mol. The van der Waals surface area contributed by atoms with Crippen LogP contribution in [-0.2, 0) is 36.6 Å². The largest absolute Gasteiger partial charge is 0.271 e. The molecule has 0 aliphatic heterocycles. The topological polar surface area (TPSA) is 73.0 Å². The first kappa shape index (κ1) is 21.2. The summed E-state index contributed by atoms with van der Waals surface area (Å²) in [6, 6.07) is 7.92. The lowest BCUT2D eigenvalue weighted by molar-refractivity contribution is 0.397. The lowest BCUT2D eigenvalue weighted by atomic mass is 10.1. The predicted octanol–water partition coefficient (Wildman–Crippen LogP) is 2.83. The zero-order chi connectivity index (χ0) is 21.2. The van der Waals surface area contributed by atoms with E-state index in [1.807, 2.05) is 6.92 Å². The monoisotopic (exact) mass is 419 g/mol. The van der Waals surface area contributed by atoms with Gasteiger partial charge in [-0.3, -0.25) is 9.36 Å². The third kappa shape index (κ3) is 4.40. The minimum Gasteiger partial charge on any atom is -0.271 e. The number of halogens is 1. The molecule has 0 amide bonds. The third-order valence-electron chi connectivity index (χ3n) is 5.04. The van der Waals surface area contributed by atoms with Gasteiger partial charge in [0.2, 0.25) is 10.0 Å². The smallest absolute Gasteiger partial charge is 0.247 e. The van der Waals surface area contributed by atoms with Crippen LogP contribution in [0.4, 0.5) is 4.39 Å². The number of sulfonamides is 1. The van der Waals surface area contributed by atoms with Gasteiger partial charge in [-0.05, 0) is 51.0 Å². The molecular formula is C20H26FN5O2S. The van der Waals surface area contributed by atoms with E-state index in [2.05, 4.69) is 10.2 Å². The second-order valence-corrected chi connectivity index (χ2v) is 8.85. The third-order valence-corrected chi connectivity index (χ3v) is 7.13. The Labute approximate surface area is 170 Å². The highest BCUT2D eigenvalue weighted by atomic mass is 32.2. The van der Waals surface area contributed by atoms with Crippen molar-refractivity contribution in [2.24, 2.45) is 7.05 Å². The molecule has 7 nitrogen and oxygen atoms in total. The van der Waals surface area contributed by atoms with Gasteiger partial charge < -0.3 is 0 Å². The highest BCUT2D eigenvalue weighted by Crippen LogP contribution is 2.25. The van der Waals surface area contributed by atoms with E-state index in [-0.39, 0.29) is 23.8 Å². The first-order valence-corrected chi connectivity index (χ1v) is 10.9. The fraction of sp³-hybridized carbons (Fsp3) is 0.400. The Bertz CT molecular complexity index is 1090. The Morgan fingerprint density at radius 2 is 1.83 bits per heavy atom. The zero-order valence-corrected chi connectivity index (χ0v) is 17.9. The maximum Gasteiger partial charge on any atom is 0.247 e. The van der Waals surface area contributed by atoms with E-state index in [9.17, 15) is 12.8 Å². The summed E-state index contributed by atoms with van der Waals surface area (Å²) in [5, 5.41) is 8.51. The molecule has 0 aliphatic rings. The van der Waals surface area contributed by atoms with Crippen LogP contribution in [0.3, 0.4) is 0 Å². The molecule has 0 bridgehead atoms. The van der Waals surface area contributed by atoms with E-state index in [0.717, 1.165) is 11.3 Å². The molecule has 9 heteroatoms. The second kappa shape index (κ2) is 8.46. The molecule has 0 unspecified atom stereocenters. The van der Waals surface area contributed by atoms with Crippen molar-refractivity contribution >= 4 is 10.0 Å². The van der Waals surface area contributed by atoms with Gasteiger partial charge in [0.15, 0.2) is 0 Å². The number of hydrogen-bond donors (Lipinski definition) is 0. The van der Waals surface area contributed by atoms with E-state index >= 15 is 0 Å². The van der Waals surface area contributed by atoms with Crippen LogP contribution in [0.15, 0.2) is 41.4 Å². The number of rotatable bonds is 8. The van der Waals surface area contributed by atoms with Crippen molar-refractivity contribution in [2.45, 2.75) is 45.2 Å². The Hall–Kier alpha value is -2.52. The van der Waals surface area contributed by atoms with E-state index in [1.54, 1.807) is 54.7 Å². The minimum atomic E-state index is -3.79. The van der Waals surface area contributed by atoms with Crippen molar-refractivity contribution in [2.75, 3.05) is 6.54 Å². The van der Waals surface area contributed by atoms with Gasteiger partial charge >= 0.3 is 0 Å². The molecule has 0 aliphatic carbocycles. The van der Waals surface area contributed by atoms with Crippen LogP contribution in [0, 0.1) is 19.7 Å². The van der Waals surface area contributed by atoms with Crippen LogP contribution < -0.4 is 0 Å². The van der Waals surface area contributed by atoms with Gasteiger partial charge in [0, 0.05) is 26.3 Å². The summed E-state index contributed by atoms with van der Waals surface area (Å²) in [5.41, 5.74) is 2.77. The molecule has 3 rings (SSSR count). The highest BCUT2D eigenvalue weighted by Gasteiger charge is 2.31. The van der Waals surface area contributed by atoms with E-state index in [4.69, 9.17) is 0 Å². The number of benzene rings is 1. The molecule has 3 aromatic rings. The van der Waals surface area contributed by atoms with Crippen LogP contribution >= 0.6 is 0 Å². The molecule has 2 aromatic heterocycles. The quantitative estimate of drug-likeness (QED) is 0.563. The van der Waals surface area contributed by atoms with Crippen LogP contribution in [0.25, 0.3) is 0 Å². The fourth-order valence-electron chi connectivity index (χ4n) is 3.42. The number of aromatic nitrogens is 4. The molecule has 0 N–H and O–H groups in total. The Kier molecular flexibility index (Phi) is 6.18. The van der Waals surface area contributed by atoms with Gasteiger partial charge in [0.1, 0.15) is 10.7 Å². The second-order valence-electron chi connectivity index (χ2n) is 6.98. The van der Waals surface area contributed by atoms with Crippen LogP contribution in [0.1, 0.15) is 29.6 Å². The molecule has 2 heterocycles. The Balaban J connectivity index is 1.96. The van der Waals surface area contributed by atoms with Gasteiger partial charge in [-0.2, -0.15) is 14.5 Å². The number of nitrogens with zero attached hydrogens (tertiary/aromatic N) is 5. The van der Waals surface area contributed by atoms with Crippen molar-refractivity contribution in [3.63, 3.8) is 0 Å². The molecule has 0 radical (unpaired) electrons. The van der Waals surface area contributed by atoms with E-state index < -0.39 is 10.0 Å². The minimum absolute atomic E-state index is 0.191. The maximum atomic E-state index is 13.6. The van der Waals surface area contributed by atoms with Crippen LogP contribution in [-0.4, -0.2) is 38.8 Å². The van der Waals surface area contributed by atoms with Crippen molar-refractivity contribution in [3.05, 3.63) is 65.0 Å². The first-order valence-electron chi connectivity index (χ1n) is 9.49. The highest BCUT2D eigenvalue weighted by molar-refractivity contribution is 7.89. The zero-order valence-electron chi connectivity index (χ0n) is 17.1. The Morgan fingerprint density at radius 3 is 2.38 bits per heavy atom. The van der Waals surface area contributed by atoms with E-state index in [1.165, 1.54) is 16.4 Å². The number of hydrogen-bond acceptors (Lipinski definition) is 4. The summed E-state index contributed by atoms with van der Waals surface area (Å²) in [7, 11) is -2.00. The summed E-state index contributed by atoms with van der Waals surface area (Å²) in [6.45, 7) is 6.47. The van der Waals surface area contributed by atoms with E-state index in [0.29, 0.717) is 24.4 Å². The van der Waals surface area contributed by atoms with Gasteiger partial charge in [-0.25, -0.2) is 12.8 Å². The summed E-state index contributed by atoms with van der Waals surface area (Å²) in [4.78, 5) is 0.251. The van der Waals surface area contributed by atoms with Crippen molar-refractivity contribution in [1.29, 1.82) is 0 Å². The molecule has 0 saturated carbocycles. The fourth-order valence-corrected chi connectivity index (χ4v) is 5.20. The lowest BCUT2D eigenvalue weighted by Crippen LogP contribution is -2.34. The van der Waals surface area contributed by atoms with Crippen LogP contribution in [0.2, 0.25) is 0 Å². The maximum absolute atomic E-state index is 13.6. The molecular weight excluding hydrogens is 393 g/mol. The summed E-state index contributed by atoms with van der Waals surface area (Å²) in [6.07, 6.45) is 2.11. The molecule has 0 fully saturated rings. The van der Waals surface area contributed by atoms with Gasteiger partial charge in [0.05, 0.1) is 23.6 Å². The van der Waals surface area contributed by atoms with Crippen molar-refractivity contribution in [3.8, 4) is 0 Å². The van der Waals surface area contributed by atoms with Gasteiger partial charge in [-0.1, -0.05) is 12.1 Å². The van der Waals surface area contributed by atoms with Gasteiger partial charge in [0.25, 0.3) is 0 Å². The van der Waals surface area contributed by atoms with Crippen LogP contribution in [0.5, 0.6) is 0 Å². The average Bonchev–Trinajstić information content (AvgIpc) is 3.21. The van der Waals surface area contributed by atoms with Crippen molar-refractivity contribution < 1.29 is 12.8 Å².